The Balaban J connectivity index is 2.07. The van der Waals surface area contributed by atoms with Crippen molar-refractivity contribution in [2.45, 2.75) is 33.1 Å². The van der Waals surface area contributed by atoms with E-state index < -0.39 is 11.9 Å². The molecule has 0 radical (unpaired) electrons. The lowest BCUT2D eigenvalue weighted by Gasteiger charge is -2.17. The van der Waals surface area contributed by atoms with Crippen molar-refractivity contribution in [1.82, 2.24) is 0 Å². The summed E-state index contributed by atoms with van der Waals surface area (Å²) in [4.78, 5) is 11.5. The summed E-state index contributed by atoms with van der Waals surface area (Å²) in [6.45, 7) is 6.27. The lowest BCUT2D eigenvalue weighted by atomic mass is 9.96. The van der Waals surface area contributed by atoms with Gasteiger partial charge in [0, 0.05) is 0 Å². The van der Waals surface area contributed by atoms with E-state index in [1.54, 1.807) is 0 Å². The van der Waals surface area contributed by atoms with Gasteiger partial charge in [0.1, 0.15) is 11.6 Å². The Hall–Kier alpha value is -2.36. The maximum atomic E-state index is 13.0. The number of benzene rings is 2. The molecule has 122 valence electrons. The van der Waals surface area contributed by atoms with E-state index in [0.717, 1.165) is 22.4 Å². The molecule has 1 atom stereocenters. The van der Waals surface area contributed by atoms with Crippen LogP contribution in [-0.4, -0.2) is 17.7 Å². The van der Waals surface area contributed by atoms with Gasteiger partial charge in [-0.2, -0.15) is 0 Å². The van der Waals surface area contributed by atoms with Gasteiger partial charge in [0.25, 0.3) is 0 Å². The van der Waals surface area contributed by atoms with Crippen molar-refractivity contribution in [2.75, 3.05) is 6.61 Å². The summed E-state index contributed by atoms with van der Waals surface area (Å²) in [5, 5.41) is 9.40. The number of carbonyl (C=O) groups is 1. The molecule has 0 heterocycles. The zero-order valence-electron chi connectivity index (χ0n) is 13.6. The Morgan fingerprint density at radius 3 is 2.30 bits per heavy atom. The van der Waals surface area contributed by atoms with Gasteiger partial charge in [0.2, 0.25) is 0 Å². The topological polar surface area (TPSA) is 46.5 Å². The normalized spacial score (nSPS) is 12.0. The highest BCUT2D eigenvalue weighted by atomic mass is 19.1. The third-order valence-electron chi connectivity index (χ3n) is 4.10. The number of hydrogen-bond donors (Lipinski definition) is 1. The summed E-state index contributed by atoms with van der Waals surface area (Å²) in [7, 11) is 0. The average molecular weight is 316 g/mol. The minimum absolute atomic E-state index is 0.291. The van der Waals surface area contributed by atoms with Gasteiger partial charge in [0.05, 0.1) is 12.5 Å². The van der Waals surface area contributed by atoms with Gasteiger partial charge in [-0.3, -0.25) is 4.79 Å². The van der Waals surface area contributed by atoms with Crippen molar-refractivity contribution in [3.05, 3.63) is 64.5 Å². The molecule has 0 aromatic heterocycles. The van der Waals surface area contributed by atoms with Crippen molar-refractivity contribution in [1.29, 1.82) is 0 Å². The third kappa shape index (κ3) is 4.09. The summed E-state index contributed by atoms with van der Waals surface area (Å²) in [5.41, 5.74) is 3.82. The van der Waals surface area contributed by atoms with Crippen LogP contribution in [0.25, 0.3) is 0 Å². The van der Waals surface area contributed by atoms with Crippen LogP contribution in [0.15, 0.2) is 36.4 Å². The number of aryl methyl sites for hydroxylation is 2. The zero-order chi connectivity index (χ0) is 17.0. The molecule has 3 nitrogen and oxygen atoms in total. The Bertz CT molecular complexity index is 693. The Kier molecular flexibility index (Phi) is 5.37. The summed E-state index contributed by atoms with van der Waals surface area (Å²) in [5.74, 6) is -1.20. The first kappa shape index (κ1) is 17.0. The van der Waals surface area contributed by atoms with Gasteiger partial charge in [-0.1, -0.05) is 24.3 Å². The Morgan fingerprint density at radius 2 is 1.70 bits per heavy atom. The molecule has 0 amide bonds. The number of aliphatic carboxylic acids is 1. The van der Waals surface area contributed by atoms with Crippen LogP contribution < -0.4 is 4.74 Å². The quantitative estimate of drug-likeness (QED) is 0.860. The predicted octanol–water partition coefficient (Wildman–Crippen LogP) is 4.39. The van der Waals surface area contributed by atoms with E-state index in [9.17, 15) is 14.3 Å². The van der Waals surface area contributed by atoms with Crippen molar-refractivity contribution < 1.29 is 19.0 Å². The minimum atomic E-state index is -0.933. The van der Waals surface area contributed by atoms with Crippen LogP contribution in [0.3, 0.4) is 0 Å². The fraction of sp³-hybridized carbons (Fsp3) is 0.316. The lowest BCUT2D eigenvalue weighted by Crippen LogP contribution is -2.15. The van der Waals surface area contributed by atoms with E-state index in [2.05, 4.69) is 0 Å². The van der Waals surface area contributed by atoms with Gasteiger partial charge in [0.15, 0.2) is 0 Å². The number of carboxylic acid groups (broad SMARTS) is 1. The third-order valence-corrected chi connectivity index (χ3v) is 4.10. The lowest BCUT2D eigenvalue weighted by molar-refractivity contribution is -0.139. The second-order valence-electron chi connectivity index (χ2n) is 5.73. The highest BCUT2D eigenvalue weighted by Crippen LogP contribution is 2.27. The first-order chi connectivity index (χ1) is 10.9. The van der Waals surface area contributed by atoms with Crippen molar-refractivity contribution in [3.63, 3.8) is 0 Å². The molecule has 0 saturated carbocycles. The van der Waals surface area contributed by atoms with Crippen LogP contribution in [0.5, 0.6) is 5.75 Å². The molecular weight excluding hydrogens is 295 g/mol. The summed E-state index contributed by atoms with van der Waals surface area (Å²) < 4.78 is 18.8. The van der Waals surface area contributed by atoms with Gasteiger partial charge in [-0.15, -0.1) is 0 Å². The van der Waals surface area contributed by atoms with Gasteiger partial charge < -0.3 is 9.84 Å². The first-order valence-corrected chi connectivity index (χ1v) is 7.58. The van der Waals surface area contributed by atoms with E-state index in [1.807, 2.05) is 32.9 Å². The number of ether oxygens (including phenoxy) is 1. The molecule has 0 aliphatic heterocycles. The SMILES string of the molecule is Cc1ccc(C)c(OCCC(C(=O)O)c2ccc(F)cc2)c1C. The molecule has 1 N–H and O–H groups in total. The summed E-state index contributed by atoms with van der Waals surface area (Å²) in [6.07, 6.45) is 0.327. The van der Waals surface area contributed by atoms with Crippen LogP contribution in [0, 0.1) is 26.6 Å². The number of hydrogen-bond acceptors (Lipinski definition) is 2. The average Bonchev–Trinajstić information content (AvgIpc) is 2.51. The molecule has 23 heavy (non-hydrogen) atoms. The number of halogens is 1. The number of rotatable bonds is 6. The maximum absolute atomic E-state index is 13.0. The van der Waals surface area contributed by atoms with Gasteiger partial charge in [-0.25, -0.2) is 4.39 Å². The van der Waals surface area contributed by atoms with Crippen LogP contribution in [0.4, 0.5) is 4.39 Å². The van der Waals surface area contributed by atoms with Gasteiger partial charge in [-0.05, 0) is 61.6 Å². The zero-order valence-corrected chi connectivity index (χ0v) is 13.6. The fourth-order valence-corrected chi connectivity index (χ4v) is 2.55. The van der Waals surface area contributed by atoms with Gasteiger partial charge >= 0.3 is 5.97 Å². The largest absolute Gasteiger partial charge is 0.493 e. The van der Waals surface area contributed by atoms with Crippen LogP contribution in [0.2, 0.25) is 0 Å². The Labute approximate surface area is 135 Å². The van der Waals surface area contributed by atoms with E-state index in [4.69, 9.17) is 4.74 Å². The van der Waals surface area contributed by atoms with Crippen molar-refractivity contribution in [2.24, 2.45) is 0 Å². The second-order valence-corrected chi connectivity index (χ2v) is 5.73. The van der Waals surface area contributed by atoms with E-state index in [1.165, 1.54) is 24.3 Å². The number of carboxylic acids is 1. The molecular formula is C19H21FO3. The molecule has 0 fully saturated rings. The molecule has 0 spiro atoms. The second kappa shape index (κ2) is 7.27. The first-order valence-electron chi connectivity index (χ1n) is 7.58. The van der Waals surface area contributed by atoms with Crippen molar-refractivity contribution >= 4 is 5.97 Å². The molecule has 2 aromatic rings. The Morgan fingerprint density at radius 1 is 1.09 bits per heavy atom. The van der Waals surface area contributed by atoms with E-state index >= 15 is 0 Å². The molecule has 0 aliphatic rings. The molecule has 0 aliphatic carbocycles. The van der Waals surface area contributed by atoms with Crippen LogP contribution in [0.1, 0.15) is 34.6 Å². The monoisotopic (exact) mass is 316 g/mol. The predicted molar refractivity (Wildman–Crippen MR) is 87.5 cm³/mol. The minimum Gasteiger partial charge on any atom is -0.493 e. The van der Waals surface area contributed by atoms with Crippen molar-refractivity contribution in [3.8, 4) is 5.75 Å². The molecule has 2 aromatic carbocycles. The molecule has 0 saturated heterocycles. The fourth-order valence-electron chi connectivity index (χ4n) is 2.55. The maximum Gasteiger partial charge on any atom is 0.311 e. The highest BCUT2D eigenvalue weighted by Gasteiger charge is 2.20. The summed E-state index contributed by atoms with van der Waals surface area (Å²) >= 11 is 0. The van der Waals surface area contributed by atoms with E-state index in [0.29, 0.717) is 18.6 Å². The smallest absolute Gasteiger partial charge is 0.311 e. The molecule has 4 heteroatoms. The standard InChI is InChI=1S/C19H21FO3/c1-12-4-5-13(2)18(14(12)3)23-11-10-17(19(21)22)15-6-8-16(20)9-7-15/h4-9,17H,10-11H2,1-3H3,(H,21,22). The van der Waals surface area contributed by atoms with E-state index in [-0.39, 0.29) is 5.82 Å². The van der Waals surface area contributed by atoms with Crippen LogP contribution >= 0.6 is 0 Å². The summed E-state index contributed by atoms with van der Waals surface area (Å²) in [6, 6.07) is 9.61. The molecule has 1 unspecified atom stereocenters. The molecule has 0 bridgehead atoms. The highest BCUT2D eigenvalue weighted by molar-refractivity contribution is 5.76. The van der Waals surface area contributed by atoms with Crippen LogP contribution in [-0.2, 0) is 4.79 Å². The molecule has 2 rings (SSSR count).